The van der Waals surface area contributed by atoms with E-state index in [1.165, 1.54) is 9.47 Å². The van der Waals surface area contributed by atoms with Crippen molar-refractivity contribution in [2.75, 3.05) is 6.54 Å². The van der Waals surface area contributed by atoms with Crippen molar-refractivity contribution in [2.24, 2.45) is 0 Å². The summed E-state index contributed by atoms with van der Waals surface area (Å²) in [7, 11) is 0. The van der Waals surface area contributed by atoms with Gasteiger partial charge in [-0.2, -0.15) is 0 Å². The number of nitrogens with one attached hydrogen (secondary N) is 1. The number of fused-ring (bicyclic) bond motifs is 4. The fraction of sp³-hybridized carbons (Fsp3) is 0.435. The molecular formula is C23H24F3N3O5. The van der Waals surface area contributed by atoms with Gasteiger partial charge in [-0.25, -0.2) is 13.2 Å². The van der Waals surface area contributed by atoms with E-state index in [2.05, 4.69) is 5.32 Å². The topological polar surface area (TPSA) is 112 Å². The summed E-state index contributed by atoms with van der Waals surface area (Å²) < 4.78 is 42.2. The molecule has 2 aliphatic rings. The molecule has 1 aromatic heterocycles. The Bertz CT molecular complexity index is 1220. The standard InChI is InChI=1S/C23H24F3N3O5/c1-3-23(34)5-4-11(2)28-10-17(23)29-9-14(19(30)20(31)18(29)22(28)33)21(32)27-8-13-15(25)6-12(24)7-16(13)26/h6-7,9,11,17,31,34H,3-5,8,10H2,1-2H3,(H,27,32)/t11-,17+,23-/m0/s1. The van der Waals surface area contributed by atoms with Gasteiger partial charge in [-0.3, -0.25) is 14.4 Å². The summed E-state index contributed by atoms with van der Waals surface area (Å²) in [5, 5.41) is 24.1. The molecule has 0 unspecified atom stereocenters. The zero-order chi connectivity index (χ0) is 24.9. The number of aromatic nitrogens is 1. The smallest absolute Gasteiger partial charge is 0.274 e. The summed E-state index contributed by atoms with van der Waals surface area (Å²) in [6, 6.07) is -0.0529. The van der Waals surface area contributed by atoms with Gasteiger partial charge < -0.3 is 25.0 Å². The molecule has 3 N–H and O–H groups in total. The number of hydrogen-bond donors (Lipinski definition) is 3. The molecule has 2 aromatic rings. The van der Waals surface area contributed by atoms with Crippen LogP contribution < -0.4 is 10.7 Å². The number of hydrogen-bond acceptors (Lipinski definition) is 5. The van der Waals surface area contributed by atoms with Crippen LogP contribution in [-0.2, 0) is 6.54 Å². The predicted octanol–water partition coefficient (Wildman–Crippen LogP) is 2.22. The van der Waals surface area contributed by atoms with E-state index in [0.29, 0.717) is 31.4 Å². The van der Waals surface area contributed by atoms with E-state index in [1.54, 1.807) is 6.92 Å². The van der Waals surface area contributed by atoms with E-state index in [9.17, 15) is 37.8 Å². The maximum Gasteiger partial charge on any atom is 0.274 e. The van der Waals surface area contributed by atoms with Crippen LogP contribution >= 0.6 is 0 Å². The first kappa shape index (κ1) is 23.8. The van der Waals surface area contributed by atoms with E-state index in [1.807, 2.05) is 6.92 Å². The molecule has 8 nitrogen and oxygen atoms in total. The van der Waals surface area contributed by atoms with Crippen LogP contribution in [-0.4, -0.2) is 49.7 Å². The molecule has 0 radical (unpaired) electrons. The summed E-state index contributed by atoms with van der Waals surface area (Å²) in [5.74, 6) is -6.15. The quantitative estimate of drug-likeness (QED) is 0.623. The first-order chi connectivity index (χ1) is 16.0. The maximum absolute atomic E-state index is 13.9. The molecule has 3 heterocycles. The number of rotatable bonds is 4. The van der Waals surface area contributed by atoms with Crippen LogP contribution in [0.15, 0.2) is 23.1 Å². The first-order valence-electron chi connectivity index (χ1n) is 10.9. The fourth-order valence-electron chi connectivity index (χ4n) is 4.74. The van der Waals surface area contributed by atoms with Crippen molar-refractivity contribution in [3.63, 3.8) is 0 Å². The molecule has 2 amide bonds. The summed E-state index contributed by atoms with van der Waals surface area (Å²) >= 11 is 0. The summed E-state index contributed by atoms with van der Waals surface area (Å²) in [6.45, 7) is 3.02. The van der Waals surface area contributed by atoms with Gasteiger partial charge in [0.2, 0.25) is 5.43 Å². The number of carbonyl (C=O) groups is 2. The molecule has 34 heavy (non-hydrogen) atoms. The van der Waals surface area contributed by atoms with Gasteiger partial charge in [-0.1, -0.05) is 6.92 Å². The monoisotopic (exact) mass is 479 g/mol. The number of pyridine rings is 1. The third-order valence-corrected chi connectivity index (χ3v) is 6.91. The lowest BCUT2D eigenvalue weighted by Gasteiger charge is -2.42. The maximum atomic E-state index is 13.9. The fourth-order valence-corrected chi connectivity index (χ4v) is 4.74. The molecule has 0 aliphatic carbocycles. The Morgan fingerprint density at radius 3 is 2.50 bits per heavy atom. The van der Waals surface area contributed by atoms with Crippen LogP contribution in [0.25, 0.3) is 0 Å². The Balaban J connectivity index is 1.75. The van der Waals surface area contributed by atoms with Crippen LogP contribution in [0.3, 0.4) is 0 Å². The minimum Gasteiger partial charge on any atom is -0.503 e. The molecular weight excluding hydrogens is 455 g/mol. The zero-order valence-corrected chi connectivity index (χ0v) is 18.6. The number of aromatic hydroxyl groups is 1. The molecule has 0 saturated carbocycles. The second-order valence-electron chi connectivity index (χ2n) is 8.83. The largest absolute Gasteiger partial charge is 0.503 e. The average molecular weight is 479 g/mol. The first-order valence-corrected chi connectivity index (χ1v) is 10.9. The number of halogens is 3. The number of benzene rings is 1. The highest BCUT2D eigenvalue weighted by Gasteiger charge is 2.48. The van der Waals surface area contributed by atoms with E-state index in [0.717, 1.165) is 6.20 Å². The number of carbonyl (C=O) groups excluding carboxylic acids is 2. The molecule has 1 saturated heterocycles. The minimum absolute atomic E-state index is 0.118. The molecule has 0 spiro atoms. The van der Waals surface area contributed by atoms with Crippen molar-refractivity contribution >= 4 is 11.8 Å². The molecule has 1 fully saturated rings. The Morgan fingerprint density at radius 1 is 1.24 bits per heavy atom. The molecule has 2 bridgehead atoms. The lowest BCUT2D eigenvalue weighted by Crippen LogP contribution is -2.52. The van der Waals surface area contributed by atoms with Crippen LogP contribution in [0.1, 0.15) is 65.6 Å². The van der Waals surface area contributed by atoms with Crippen molar-refractivity contribution in [1.82, 2.24) is 14.8 Å². The highest BCUT2D eigenvalue weighted by atomic mass is 19.1. The summed E-state index contributed by atoms with van der Waals surface area (Å²) in [6.07, 6.45) is 2.27. The third kappa shape index (κ3) is 3.73. The van der Waals surface area contributed by atoms with Crippen LogP contribution in [0.5, 0.6) is 5.75 Å². The zero-order valence-electron chi connectivity index (χ0n) is 18.6. The van der Waals surface area contributed by atoms with Crippen molar-refractivity contribution in [3.05, 3.63) is 62.8 Å². The predicted molar refractivity (Wildman–Crippen MR) is 114 cm³/mol. The lowest BCUT2D eigenvalue weighted by molar-refractivity contribution is -0.0272. The lowest BCUT2D eigenvalue weighted by atomic mass is 9.86. The van der Waals surface area contributed by atoms with E-state index >= 15 is 0 Å². The minimum atomic E-state index is -1.27. The number of aliphatic hydroxyl groups is 1. The molecule has 1 aromatic carbocycles. The van der Waals surface area contributed by atoms with Crippen molar-refractivity contribution in [2.45, 2.75) is 57.3 Å². The number of amides is 2. The van der Waals surface area contributed by atoms with Gasteiger partial charge in [0.1, 0.15) is 23.0 Å². The van der Waals surface area contributed by atoms with Gasteiger partial charge in [-0.15, -0.1) is 0 Å². The van der Waals surface area contributed by atoms with Crippen molar-refractivity contribution < 1.29 is 33.0 Å². The second-order valence-corrected chi connectivity index (χ2v) is 8.83. The summed E-state index contributed by atoms with van der Waals surface area (Å²) in [5.41, 5.74) is -3.91. The molecule has 3 atom stereocenters. The number of nitrogens with zero attached hydrogens (tertiary/aromatic N) is 2. The SMILES string of the molecule is CC[C@]1(O)CC[C@H](C)N2C[C@H]1n1cc(C(=O)NCc3c(F)cc(F)cc3F)c(=O)c(O)c1C2=O. The van der Waals surface area contributed by atoms with E-state index < -0.39 is 69.8 Å². The Kier molecular flexibility index (Phi) is 5.92. The van der Waals surface area contributed by atoms with Gasteiger partial charge in [-0.05, 0) is 26.2 Å². The van der Waals surface area contributed by atoms with E-state index in [4.69, 9.17) is 0 Å². The molecule has 4 rings (SSSR count). The Labute approximate surface area is 192 Å². The molecule has 2 aliphatic heterocycles. The highest BCUT2D eigenvalue weighted by molar-refractivity contribution is 5.99. The third-order valence-electron chi connectivity index (χ3n) is 6.91. The van der Waals surface area contributed by atoms with Crippen LogP contribution in [0, 0.1) is 17.5 Å². The Morgan fingerprint density at radius 2 is 1.88 bits per heavy atom. The normalized spacial score (nSPS) is 23.9. The van der Waals surface area contributed by atoms with Gasteiger partial charge in [0.25, 0.3) is 11.8 Å². The molecule has 11 heteroatoms. The Hall–Kier alpha value is -3.34. The van der Waals surface area contributed by atoms with Crippen molar-refractivity contribution in [3.8, 4) is 5.75 Å². The highest BCUT2D eigenvalue weighted by Crippen LogP contribution is 2.41. The average Bonchev–Trinajstić information content (AvgIpc) is 2.89. The van der Waals surface area contributed by atoms with Gasteiger partial charge in [0.05, 0.1) is 11.6 Å². The van der Waals surface area contributed by atoms with E-state index in [-0.39, 0.29) is 18.3 Å². The van der Waals surface area contributed by atoms with Crippen LogP contribution in [0.2, 0.25) is 0 Å². The van der Waals surface area contributed by atoms with Crippen LogP contribution in [0.4, 0.5) is 13.2 Å². The van der Waals surface area contributed by atoms with Gasteiger partial charge >= 0.3 is 0 Å². The second kappa shape index (κ2) is 8.46. The van der Waals surface area contributed by atoms with Gasteiger partial charge in [0, 0.05) is 43.0 Å². The van der Waals surface area contributed by atoms with Gasteiger partial charge in [0.15, 0.2) is 11.4 Å². The molecule has 182 valence electrons. The van der Waals surface area contributed by atoms with Crippen molar-refractivity contribution in [1.29, 1.82) is 0 Å². The summed E-state index contributed by atoms with van der Waals surface area (Å²) in [4.78, 5) is 40.1.